The Morgan fingerprint density at radius 2 is 1.56 bits per heavy atom. The van der Waals surface area contributed by atoms with Gasteiger partial charge in [0.1, 0.15) is 5.75 Å². The van der Waals surface area contributed by atoms with E-state index in [1.807, 2.05) is 30.3 Å². The highest BCUT2D eigenvalue weighted by atomic mass is 35.5. The molecule has 1 heterocycles. The van der Waals surface area contributed by atoms with Gasteiger partial charge in [-0.05, 0) is 65.9 Å². The first-order chi connectivity index (χ1) is 18.6. The Bertz CT molecular complexity index is 1630. The number of carbonyl (C=O) groups excluding carboxylic acids is 1. The van der Waals surface area contributed by atoms with Gasteiger partial charge < -0.3 is 15.1 Å². The number of aliphatic hydroxyl groups is 1. The van der Waals surface area contributed by atoms with E-state index in [0.29, 0.717) is 45.8 Å². The van der Waals surface area contributed by atoms with Crippen molar-refractivity contribution in [1.29, 1.82) is 0 Å². The van der Waals surface area contributed by atoms with Crippen LogP contribution >= 0.6 is 11.6 Å². The summed E-state index contributed by atoms with van der Waals surface area (Å²) in [4.78, 5) is 14.7. The molecule has 4 aromatic carbocycles. The molecule has 5 rings (SSSR count). The van der Waals surface area contributed by atoms with Crippen LogP contribution in [0.5, 0.6) is 5.75 Å². The molecule has 1 aliphatic rings. The van der Waals surface area contributed by atoms with Gasteiger partial charge in [0.2, 0.25) is 5.91 Å². The smallest absolute Gasteiger partial charge is 0.294 e. The maximum absolute atomic E-state index is 13.3. The second-order valence-electron chi connectivity index (χ2n) is 9.49. The molecule has 3 unspecified atom stereocenters. The minimum Gasteiger partial charge on any atom is -0.508 e. The Morgan fingerprint density at radius 1 is 0.872 bits per heavy atom. The summed E-state index contributed by atoms with van der Waals surface area (Å²) in [6, 6.07) is 26.5. The standard InChI is InChI=1S/C30H26ClNO6S/c31-26-12-5-4-11-23(26)27(33)16-15-25-29(32(30(25)35)21-8-2-1-3-9-21)24-14-13-20(18-28(24)34)19-7-6-10-22(17-19)39(36,37)38/h1-14,17-18,25,27,29,33-34H,15-16H2,(H,36,37,38). The zero-order chi connectivity index (χ0) is 27.7. The number of amides is 1. The summed E-state index contributed by atoms with van der Waals surface area (Å²) in [6.07, 6.45) is -0.166. The number of benzene rings is 4. The molecule has 200 valence electrons. The largest absolute Gasteiger partial charge is 0.508 e. The number of phenols is 1. The van der Waals surface area contributed by atoms with Gasteiger partial charge in [0, 0.05) is 16.3 Å². The quantitative estimate of drug-likeness (QED) is 0.174. The number of para-hydroxylation sites is 1. The summed E-state index contributed by atoms with van der Waals surface area (Å²) in [7, 11) is -4.38. The van der Waals surface area contributed by atoms with Gasteiger partial charge >= 0.3 is 0 Å². The third-order valence-corrected chi connectivity index (χ3v) is 8.27. The topological polar surface area (TPSA) is 115 Å². The molecule has 0 aromatic heterocycles. The van der Waals surface area contributed by atoms with Crippen LogP contribution in [0.25, 0.3) is 11.1 Å². The van der Waals surface area contributed by atoms with Crippen LogP contribution in [-0.4, -0.2) is 29.1 Å². The Balaban J connectivity index is 1.45. The molecule has 0 radical (unpaired) electrons. The molecular formula is C30H26ClNO6S. The first-order valence-corrected chi connectivity index (χ1v) is 14.2. The molecule has 9 heteroatoms. The molecule has 3 N–H and O–H groups in total. The van der Waals surface area contributed by atoms with E-state index < -0.39 is 28.2 Å². The Labute approximate surface area is 231 Å². The van der Waals surface area contributed by atoms with Crippen LogP contribution in [0.4, 0.5) is 5.69 Å². The van der Waals surface area contributed by atoms with Crippen molar-refractivity contribution in [3.05, 3.63) is 113 Å². The number of phenolic OH excluding ortho intramolecular Hbond substituents is 1. The molecule has 0 spiro atoms. The average molecular weight is 564 g/mol. The van der Waals surface area contributed by atoms with Gasteiger partial charge in [0.25, 0.3) is 10.1 Å². The van der Waals surface area contributed by atoms with Crippen LogP contribution in [0.3, 0.4) is 0 Å². The molecule has 0 saturated carbocycles. The number of hydrogen-bond acceptors (Lipinski definition) is 5. The summed E-state index contributed by atoms with van der Waals surface area (Å²) in [5.74, 6) is -0.649. The van der Waals surface area contributed by atoms with E-state index in [4.69, 9.17) is 11.6 Å². The summed E-state index contributed by atoms with van der Waals surface area (Å²) in [5, 5.41) is 22.3. The highest BCUT2D eigenvalue weighted by Gasteiger charge is 2.49. The van der Waals surface area contributed by atoms with Crippen molar-refractivity contribution in [2.24, 2.45) is 5.92 Å². The molecule has 1 amide bonds. The minimum absolute atomic E-state index is 0.0557. The summed E-state index contributed by atoms with van der Waals surface area (Å²) < 4.78 is 32.5. The van der Waals surface area contributed by atoms with Crippen molar-refractivity contribution in [3.63, 3.8) is 0 Å². The van der Waals surface area contributed by atoms with Gasteiger partial charge in [-0.15, -0.1) is 0 Å². The van der Waals surface area contributed by atoms with Crippen LogP contribution in [0, 0.1) is 5.92 Å². The van der Waals surface area contributed by atoms with Crippen molar-refractivity contribution in [3.8, 4) is 16.9 Å². The molecule has 39 heavy (non-hydrogen) atoms. The van der Waals surface area contributed by atoms with Crippen LogP contribution in [-0.2, 0) is 14.9 Å². The maximum Gasteiger partial charge on any atom is 0.294 e. The van der Waals surface area contributed by atoms with E-state index in [-0.39, 0.29) is 16.6 Å². The van der Waals surface area contributed by atoms with E-state index in [2.05, 4.69) is 0 Å². The Morgan fingerprint density at radius 3 is 2.26 bits per heavy atom. The Hall–Kier alpha value is -3.69. The number of nitrogens with zero attached hydrogens (tertiary/aromatic N) is 1. The monoisotopic (exact) mass is 563 g/mol. The van der Waals surface area contributed by atoms with E-state index in [9.17, 15) is 28.0 Å². The summed E-state index contributed by atoms with van der Waals surface area (Å²) >= 11 is 6.24. The van der Waals surface area contributed by atoms with Crippen molar-refractivity contribution in [2.75, 3.05) is 4.90 Å². The average Bonchev–Trinajstić information content (AvgIpc) is 2.92. The van der Waals surface area contributed by atoms with E-state index in [1.165, 1.54) is 24.3 Å². The first-order valence-electron chi connectivity index (χ1n) is 12.4. The normalized spacial score (nSPS) is 18.0. The highest BCUT2D eigenvalue weighted by molar-refractivity contribution is 7.85. The zero-order valence-corrected chi connectivity index (χ0v) is 22.3. The lowest BCUT2D eigenvalue weighted by Gasteiger charge is -2.48. The number of hydrogen-bond donors (Lipinski definition) is 3. The fourth-order valence-electron chi connectivity index (χ4n) is 5.11. The van der Waals surface area contributed by atoms with Gasteiger partial charge in [0.15, 0.2) is 0 Å². The lowest BCUT2D eigenvalue weighted by molar-refractivity contribution is -0.131. The summed E-state index contributed by atoms with van der Waals surface area (Å²) in [5.41, 5.74) is 2.87. The molecule has 1 saturated heterocycles. The molecule has 7 nitrogen and oxygen atoms in total. The number of carbonyl (C=O) groups is 1. The molecule has 1 fully saturated rings. The fourth-order valence-corrected chi connectivity index (χ4v) is 5.90. The number of halogens is 1. The molecule has 0 bridgehead atoms. The second-order valence-corrected chi connectivity index (χ2v) is 11.3. The van der Waals surface area contributed by atoms with Crippen LogP contribution in [0.15, 0.2) is 102 Å². The molecule has 3 atom stereocenters. The van der Waals surface area contributed by atoms with Crippen molar-refractivity contribution >= 4 is 33.3 Å². The van der Waals surface area contributed by atoms with Crippen molar-refractivity contribution in [2.45, 2.75) is 29.9 Å². The SMILES string of the molecule is O=C1C(CCC(O)c2ccccc2Cl)C(c2ccc(-c3cccc(S(=O)(=O)O)c3)cc2O)N1c1ccccc1. The van der Waals surface area contributed by atoms with Gasteiger partial charge in [0.05, 0.1) is 23.0 Å². The van der Waals surface area contributed by atoms with Gasteiger partial charge in [-0.2, -0.15) is 8.42 Å². The number of β-lactam (4-membered cyclic amide) rings is 1. The Kier molecular flexibility index (Phi) is 7.46. The van der Waals surface area contributed by atoms with E-state index in [0.717, 1.165) is 0 Å². The summed E-state index contributed by atoms with van der Waals surface area (Å²) in [6.45, 7) is 0. The second kappa shape index (κ2) is 10.8. The highest BCUT2D eigenvalue weighted by Crippen LogP contribution is 2.49. The molecule has 4 aromatic rings. The van der Waals surface area contributed by atoms with Crippen LogP contribution < -0.4 is 4.90 Å². The molecule has 1 aliphatic heterocycles. The number of anilines is 1. The zero-order valence-electron chi connectivity index (χ0n) is 20.7. The molecule has 0 aliphatic carbocycles. The lowest BCUT2D eigenvalue weighted by Crippen LogP contribution is -2.55. The third kappa shape index (κ3) is 5.42. The fraction of sp³-hybridized carbons (Fsp3) is 0.167. The minimum atomic E-state index is -4.38. The molecular weight excluding hydrogens is 538 g/mol. The number of aliphatic hydroxyl groups excluding tert-OH is 1. The van der Waals surface area contributed by atoms with Gasteiger partial charge in [-0.1, -0.05) is 72.3 Å². The van der Waals surface area contributed by atoms with Crippen molar-refractivity contribution < 1.29 is 28.0 Å². The predicted molar refractivity (Wildman–Crippen MR) is 149 cm³/mol. The first kappa shape index (κ1) is 26.9. The van der Waals surface area contributed by atoms with E-state index in [1.54, 1.807) is 47.4 Å². The maximum atomic E-state index is 13.3. The van der Waals surface area contributed by atoms with Crippen LogP contribution in [0.1, 0.15) is 36.1 Å². The van der Waals surface area contributed by atoms with E-state index >= 15 is 0 Å². The van der Waals surface area contributed by atoms with Crippen molar-refractivity contribution in [1.82, 2.24) is 0 Å². The number of aromatic hydroxyl groups is 1. The lowest BCUT2D eigenvalue weighted by atomic mass is 9.77. The predicted octanol–water partition coefficient (Wildman–Crippen LogP) is 6.18. The van der Waals surface area contributed by atoms with Gasteiger partial charge in [-0.25, -0.2) is 0 Å². The van der Waals surface area contributed by atoms with Gasteiger partial charge in [-0.3, -0.25) is 9.35 Å². The number of rotatable bonds is 8. The third-order valence-electron chi connectivity index (χ3n) is 7.08. The van der Waals surface area contributed by atoms with Crippen LogP contribution in [0.2, 0.25) is 5.02 Å².